The van der Waals surface area contributed by atoms with Crippen molar-refractivity contribution >= 4 is 15.7 Å². The van der Waals surface area contributed by atoms with E-state index in [1.807, 2.05) is 4.72 Å². The quantitative estimate of drug-likeness (QED) is 0.660. The van der Waals surface area contributed by atoms with E-state index in [0.29, 0.717) is 6.07 Å². The molecule has 0 saturated carbocycles. The molecule has 0 aliphatic heterocycles. The third-order valence-electron chi connectivity index (χ3n) is 2.10. The van der Waals surface area contributed by atoms with Crippen LogP contribution in [0.4, 0.5) is 23.2 Å². The Labute approximate surface area is 107 Å². The van der Waals surface area contributed by atoms with Crippen molar-refractivity contribution in [1.29, 1.82) is 0 Å². The second-order valence-electron chi connectivity index (χ2n) is 4.06. The molecule has 0 saturated heterocycles. The molecule has 0 radical (unpaired) electrons. The van der Waals surface area contributed by atoms with E-state index in [0.717, 1.165) is 19.1 Å². The number of anilines is 1. The van der Waals surface area contributed by atoms with Crippen molar-refractivity contribution in [1.82, 2.24) is 4.72 Å². The van der Waals surface area contributed by atoms with E-state index in [4.69, 9.17) is 5.73 Å². The van der Waals surface area contributed by atoms with Crippen molar-refractivity contribution in [2.45, 2.75) is 30.5 Å². The van der Waals surface area contributed by atoms with Crippen LogP contribution in [0.1, 0.15) is 13.3 Å². The normalized spacial score (nSPS) is 14.4. The number of benzene rings is 1. The number of nitrogens with two attached hydrogens (primary N) is 1. The summed E-state index contributed by atoms with van der Waals surface area (Å²) in [6.07, 6.45) is -5.82. The molecule has 0 aliphatic rings. The van der Waals surface area contributed by atoms with Crippen LogP contribution < -0.4 is 10.5 Å². The summed E-state index contributed by atoms with van der Waals surface area (Å²) < 4.78 is 74.6. The molecule has 1 aromatic carbocycles. The van der Waals surface area contributed by atoms with Gasteiger partial charge < -0.3 is 5.73 Å². The molecule has 0 spiro atoms. The molecule has 1 aromatic rings. The van der Waals surface area contributed by atoms with Gasteiger partial charge in [-0.25, -0.2) is 17.5 Å². The highest BCUT2D eigenvalue weighted by Crippen LogP contribution is 2.23. The molecule has 1 rings (SSSR count). The van der Waals surface area contributed by atoms with Crippen molar-refractivity contribution in [3.05, 3.63) is 24.0 Å². The van der Waals surface area contributed by atoms with E-state index < -0.39 is 39.4 Å². The smallest absolute Gasteiger partial charge is 0.390 e. The summed E-state index contributed by atoms with van der Waals surface area (Å²) in [4.78, 5) is -0.515. The van der Waals surface area contributed by atoms with Crippen molar-refractivity contribution in [3.8, 4) is 0 Å². The third-order valence-corrected chi connectivity index (χ3v) is 3.67. The Morgan fingerprint density at radius 2 is 1.89 bits per heavy atom. The lowest BCUT2D eigenvalue weighted by Gasteiger charge is -2.16. The third kappa shape index (κ3) is 5.03. The lowest BCUT2D eigenvalue weighted by atomic mass is 10.2. The van der Waals surface area contributed by atoms with Gasteiger partial charge in [0.2, 0.25) is 10.0 Å². The second kappa shape index (κ2) is 5.33. The minimum Gasteiger partial charge on any atom is -0.399 e. The number of nitrogens with one attached hydrogen (secondary N) is 1. The summed E-state index contributed by atoms with van der Waals surface area (Å²) in [7, 11) is -4.25. The van der Waals surface area contributed by atoms with Crippen molar-refractivity contribution in [3.63, 3.8) is 0 Å². The van der Waals surface area contributed by atoms with Gasteiger partial charge in [0.15, 0.2) is 0 Å². The van der Waals surface area contributed by atoms with E-state index in [1.54, 1.807) is 0 Å². The van der Waals surface area contributed by atoms with Crippen LogP contribution in [0.5, 0.6) is 0 Å². The molecule has 19 heavy (non-hydrogen) atoms. The zero-order chi connectivity index (χ0) is 14.8. The first kappa shape index (κ1) is 15.7. The Hall–Kier alpha value is -1.35. The number of nitrogen functional groups attached to an aromatic ring is 1. The van der Waals surface area contributed by atoms with Crippen LogP contribution in [-0.4, -0.2) is 20.6 Å². The number of hydrogen-bond donors (Lipinski definition) is 2. The van der Waals surface area contributed by atoms with Crippen LogP contribution in [0.25, 0.3) is 0 Å². The molecule has 4 nitrogen and oxygen atoms in total. The molecule has 0 amide bonds. The Morgan fingerprint density at radius 1 is 1.32 bits per heavy atom. The first-order valence-electron chi connectivity index (χ1n) is 5.15. The average Bonchev–Trinajstić information content (AvgIpc) is 2.11. The van der Waals surface area contributed by atoms with Gasteiger partial charge >= 0.3 is 6.18 Å². The molecule has 9 heteroatoms. The fraction of sp³-hybridized carbons (Fsp3) is 0.400. The van der Waals surface area contributed by atoms with Crippen LogP contribution in [0.2, 0.25) is 0 Å². The summed E-state index contributed by atoms with van der Waals surface area (Å²) in [5.74, 6) is -0.885. The molecule has 0 aliphatic carbocycles. The van der Waals surface area contributed by atoms with E-state index in [2.05, 4.69) is 0 Å². The maximum atomic E-state index is 13.0. The van der Waals surface area contributed by atoms with Gasteiger partial charge in [-0.1, -0.05) is 0 Å². The van der Waals surface area contributed by atoms with Gasteiger partial charge in [0.1, 0.15) is 5.82 Å². The molecule has 1 atom stereocenters. The lowest BCUT2D eigenvalue weighted by Crippen LogP contribution is -2.36. The van der Waals surface area contributed by atoms with Gasteiger partial charge in [-0.2, -0.15) is 13.2 Å². The Balaban J connectivity index is 2.92. The molecule has 0 heterocycles. The first-order valence-corrected chi connectivity index (χ1v) is 6.63. The average molecular weight is 300 g/mol. The first-order chi connectivity index (χ1) is 8.49. The zero-order valence-corrected chi connectivity index (χ0v) is 10.6. The molecule has 0 fully saturated rings. The molecule has 3 N–H and O–H groups in total. The summed E-state index contributed by atoms with van der Waals surface area (Å²) in [5.41, 5.74) is 5.14. The maximum Gasteiger partial charge on any atom is 0.390 e. The van der Waals surface area contributed by atoms with Gasteiger partial charge in [0.25, 0.3) is 0 Å². The highest BCUT2D eigenvalue weighted by molar-refractivity contribution is 7.89. The zero-order valence-electron chi connectivity index (χ0n) is 9.83. The van der Waals surface area contributed by atoms with Gasteiger partial charge in [-0.15, -0.1) is 0 Å². The van der Waals surface area contributed by atoms with Crippen LogP contribution in [0.3, 0.4) is 0 Å². The van der Waals surface area contributed by atoms with Gasteiger partial charge in [0.05, 0.1) is 11.3 Å². The standard InChI is InChI=1S/C10H12F4N2O2S/c1-6(5-10(12,13)14)16-19(17,18)9-3-7(11)2-8(15)4-9/h2-4,6,16H,5,15H2,1H3. The highest BCUT2D eigenvalue weighted by atomic mass is 32.2. The molecule has 0 aromatic heterocycles. The van der Waals surface area contributed by atoms with Crippen LogP contribution >= 0.6 is 0 Å². The number of sulfonamides is 1. The highest BCUT2D eigenvalue weighted by Gasteiger charge is 2.32. The van der Waals surface area contributed by atoms with E-state index in [9.17, 15) is 26.0 Å². The second-order valence-corrected chi connectivity index (χ2v) is 5.78. The summed E-state index contributed by atoms with van der Waals surface area (Å²) >= 11 is 0. The maximum absolute atomic E-state index is 13.0. The van der Waals surface area contributed by atoms with Crippen LogP contribution in [0, 0.1) is 5.82 Å². The van der Waals surface area contributed by atoms with E-state index in [1.165, 1.54) is 0 Å². The fourth-order valence-corrected chi connectivity index (χ4v) is 2.77. The molecular weight excluding hydrogens is 288 g/mol. The van der Waals surface area contributed by atoms with Crippen molar-refractivity contribution in [2.24, 2.45) is 0 Å². The molecule has 1 unspecified atom stereocenters. The van der Waals surface area contributed by atoms with Crippen LogP contribution in [0.15, 0.2) is 23.1 Å². The number of hydrogen-bond acceptors (Lipinski definition) is 3. The van der Waals surface area contributed by atoms with Crippen molar-refractivity contribution < 1.29 is 26.0 Å². The number of halogens is 4. The van der Waals surface area contributed by atoms with Gasteiger partial charge in [-0.3, -0.25) is 0 Å². The fourth-order valence-electron chi connectivity index (χ4n) is 1.46. The van der Waals surface area contributed by atoms with Gasteiger partial charge in [-0.05, 0) is 25.1 Å². The minimum absolute atomic E-state index is 0.135. The SMILES string of the molecule is CC(CC(F)(F)F)NS(=O)(=O)c1cc(N)cc(F)c1. The topological polar surface area (TPSA) is 72.2 Å². The summed E-state index contributed by atoms with van der Waals surface area (Å²) in [5, 5.41) is 0. The number of alkyl halides is 3. The minimum atomic E-state index is -4.50. The Bertz CT molecular complexity index is 537. The summed E-state index contributed by atoms with van der Waals surface area (Å²) in [6.45, 7) is 1.06. The Kier molecular flexibility index (Phi) is 4.41. The van der Waals surface area contributed by atoms with E-state index in [-0.39, 0.29) is 5.69 Å². The van der Waals surface area contributed by atoms with Crippen LogP contribution in [-0.2, 0) is 10.0 Å². The molecule has 0 bridgehead atoms. The Morgan fingerprint density at radius 3 is 2.37 bits per heavy atom. The largest absolute Gasteiger partial charge is 0.399 e. The monoisotopic (exact) mass is 300 g/mol. The molecule has 108 valence electrons. The lowest BCUT2D eigenvalue weighted by molar-refractivity contribution is -0.137. The van der Waals surface area contributed by atoms with Gasteiger partial charge in [0, 0.05) is 11.7 Å². The van der Waals surface area contributed by atoms with Crippen molar-refractivity contribution in [2.75, 3.05) is 5.73 Å². The van der Waals surface area contributed by atoms with E-state index >= 15 is 0 Å². The molecular formula is C10H12F4N2O2S. The number of rotatable bonds is 4. The summed E-state index contributed by atoms with van der Waals surface area (Å²) in [6, 6.07) is 1.18. The predicted molar refractivity (Wildman–Crippen MR) is 61.3 cm³/mol. The predicted octanol–water partition coefficient (Wildman–Crippen LogP) is 2.03.